The fourth-order valence-electron chi connectivity index (χ4n) is 3.22. The average molecular weight is 392 g/mol. The molecule has 9 heteroatoms. The van der Waals surface area contributed by atoms with Gasteiger partial charge in [-0.3, -0.25) is 4.57 Å². The summed E-state index contributed by atoms with van der Waals surface area (Å²) >= 11 is 3.12. The molecule has 26 heavy (non-hydrogen) atoms. The summed E-state index contributed by atoms with van der Waals surface area (Å²) < 4.78 is 13.2. The largest absolute Gasteiger partial charge is 0.469 e. The van der Waals surface area contributed by atoms with Crippen LogP contribution in [0, 0.1) is 0 Å². The van der Waals surface area contributed by atoms with Gasteiger partial charge in [-0.25, -0.2) is 0 Å². The highest BCUT2D eigenvalue weighted by molar-refractivity contribution is 7.98. The van der Waals surface area contributed by atoms with Crippen molar-refractivity contribution in [1.29, 1.82) is 0 Å². The van der Waals surface area contributed by atoms with Crippen molar-refractivity contribution in [2.24, 2.45) is 0 Å². The van der Waals surface area contributed by atoms with Crippen molar-refractivity contribution < 1.29 is 9.15 Å². The molecule has 0 radical (unpaired) electrons. The van der Waals surface area contributed by atoms with Crippen LogP contribution < -0.4 is 4.74 Å². The van der Waals surface area contributed by atoms with Gasteiger partial charge in [0, 0.05) is 6.04 Å². The highest BCUT2D eigenvalue weighted by atomic mass is 32.2. The van der Waals surface area contributed by atoms with Gasteiger partial charge in [-0.15, -0.1) is 20.4 Å². The average Bonchev–Trinajstić information content (AvgIpc) is 3.41. The highest BCUT2D eigenvalue weighted by Gasteiger charge is 2.25. The van der Waals surface area contributed by atoms with E-state index in [2.05, 4.69) is 25.0 Å². The van der Waals surface area contributed by atoms with E-state index in [4.69, 9.17) is 9.15 Å². The molecule has 1 saturated carbocycles. The number of furan rings is 1. The van der Waals surface area contributed by atoms with E-state index < -0.39 is 0 Å². The first-order valence-electron chi connectivity index (χ1n) is 8.92. The van der Waals surface area contributed by atoms with E-state index in [0.717, 1.165) is 34.6 Å². The Bertz CT molecular complexity index is 824. The van der Waals surface area contributed by atoms with E-state index in [9.17, 15) is 0 Å². The van der Waals surface area contributed by atoms with Crippen LogP contribution in [-0.4, -0.2) is 31.6 Å². The minimum absolute atomic E-state index is 0.426. The monoisotopic (exact) mass is 391 g/mol. The Morgan fingerprint density at radius 1 is 1.23 bits per heavy atom. The van der Waals surface area contributed by atoms with Crippen molar-refractivity contribution in [2.45, 2.75) is 56.0 Å². The number of thioether (sulfide) groups is 1. The Balaban J connectivity index is 1.56. The number of nitrogens with zero attached hydrogens (tertiary/aromatic N) is 5. The topological polar surface area (TPSA) is 78.9 Å². The molecule has 0 saturated heterocycles. The van der Waals surface area contributed by atoms with Crippen molar-refractivity contribution >= 4 is 23.1 Å². The predicted octanol–water partition coefficient (Wildman–Crippen LogP) is 4.59. The van der Waals surface area contributed by atoms with Gasteiger partial charge >= 0.3 is 0 Å². The van der Waals surface area contributed by atoms with Crippen LogP contribution in [0.25, 0.3) is 11.6 Å². The van der Waals surface area contributed by atoms with Crippen molar-refractivity contribution in [3.05, 3.63) is 23.4 Å². The molecule has 0 aromatic carbocycles. The Kier molecular flexibility index (Phi) is 5.54. The lowest BCUT2D eigenvalue weighted by molar-refractivity contribution is 0.335. The molecule has 1 aliphatic rings. The van der Waals surface area contributed by atoms with Gasteiger partial charge in [0.2, 0.25) is 5.82 Å². The summed E-state index contributed by atoms with van der Waals surface area (Å²) in [6.07, 6.45) is 7.80. The molecule has 1 aliphatic carbocycles. The molecular weight excluding hydrogens is 370 g/mol. The van der Waals surface area contributed by atoms with Gasteiger partial charge < -0.3 is 9.15 Å². The Morgan fingerprint density at radius 2 is 2.12 bits per heavy atom. The van der Waals surface area contributed by atoms with E-state index in [0.29, 0.717) is 23.6 Å². The zero-order valence-electron chi connectivity index (χ0n) is 14.6. The molecule has 0 spiro atoms. The third kappa shape index (κ3) is 3.78. The van der Waals surface area contributed by atoms with Gasteiger partial charge in [0.15, 0.2) is 10.9 Å². The summed E-state index contributed by atoms with van der Waals surface area (Å²) in [6, 6.07) is 4.25. The van der Waals surface area contributed by atoms with Crippen LogP contribution in [0.15, 0.2) is 28.0 Å². The van der Waals surface area contributed by atoms with E-state index in [1.54, 1.807) is 18.0 Å². The molecule has 0 atom stereocenters. The third-order valence-electron chi connectivity index (χ3n) is 4.39. The minimum Gasteiger partial charge on any atom is -0.469 e. The fraction of sp³-hybridized carbons (Fsp3) is 0.529. The molecule has 4 rings (SSSR count). The van der Waals surface area contributed by atoms with E-state index in [-0.39, 0.29) is 0 Å². The van der Waals surface area contributed by atoms with Gasteiger partial charge in [-0.1, -0.05) is 42.4 Å². The fourth-order valence-corrected chi connectivity index (χ4v) is 4.96. The Morgan fingerprint density at radius 3 is 2.88 bits per heavy atom. The second kappa shape index (κ2) is 8.22. The number of ether oxygens (including phenoxy) is 1. The molecule has 0 unspecified atom stereocenters. The zero-order valence-corrected chi connectivity index (χ0v) is 16.3. The van der Waals surface area contributed by atoms with Crippen LogP contribution >= 0.6 is 23.1 Å². The summed E-state index contributed by atoms with van der Waals surface area (Å²) in [5, 5.41) is 19.6. The molecule has 0 aliphatic heterocycles. The predicted molar refractivity (Wildman–Crippen MR) is 100 cm³/mol. The van der Waals surface area contributed by atoms with Gasteiger partial charge in [0.1, 0.15) is 5.01 Å². The first-order chi connectivity index (χ1) is 12.8. The van der Waals surface area contributed by atoms with Crippen molar-refractivity contribution in [3.63, 3.8) is 0 Å². The zero-order chi connectivity index (χ0) is 17.8. The highest BCUT2D eigenvalue weighted by Crippen LogP contribution is 2.36. The quantitative estimate of drug-likeness (QED) is 0.545. The van der Waals surface area contributed by atoms with E-state index in [1.807, 2.05) is 19.1 Å². The van der Waals surface area contributed by atoms with Crippen molar-refractivity contribution in [1.82, 2.24) is 25.0 Å². The summed E-state index contributed by atoms with van der Waals surface area (Å²) in [7, 11) is 0. The maximum Gasteiger partial charge on any atom is 0.294 e. The summed E-state index contributed by atoms with van der Waals surface area (Å²) in [5.41, 5.74) is 0. The van der Waals surface area contributed by atoms with Gasteiger partial charge in [-0.2, -0.15) is 0 Å². The van der Waals surface area contributed by atoms with Gasteiger partial charge in [-0.05, 0) is 31.9 Å². The van der Waals surface area contributed by atoms with Crippen LogP contribution in [0.4, 0.5) is 0 Å². The molecular formula is C17H21N5O2S2. The Hall–Kier alpha value is -1.87. The summed E-state index contributed by atoms with van der Waals surface area (Å²) in [5.74, 6) is 2.29. The first-order valence-corrected chi connectivity index (χ1v) is 10.7. The van der Waals surface area contributed by atoms with Crippen LogP contribution in [-0.2, 0) is 5.75 Å². The number of hydrogen-bond acceptors (Lipinski definition) is 8. The number of rotatable bonds is 7. The standard InChI is InChI=1S/C17H21N5O2S2/c1-2-23-17-21-18-14(26-17)11-25-16-20-19-15(13-9-6-10-24-13)22(16)12-7-4-3-5-8-12/h6,9-10,12H,2-5,7-8,11H2,1H3. The maximum absolute atomic E-state index is 5.59. The van der Waals surface area contributed by atoms with Crippen LogP contribution in [0.1, 0.15) is 50.1 Å². The molecule has 3 aromatic heterocycles. The van der Waals surface area contributed by atoms with Crippen LogP contribution in [0.2, 0.25) is 0 Å². The Labute approximate surface area is 160 Å². The lowest BCUT2D eigenvalue weighted by Gasteiger charge is -2.25. The number of aromatic nitrogens is 5. The van der Waals surface area contributed by atoms with E-state index in [1.165, 1.54) is 30.6 Å². The molecule has 0 bridgehead atoms. The molecule has 0 amide bonds. The maximum atomic E-state index is 5.59. The van der Waals surface area contributed by atoms with Crippen LogP contribution in [0.3, 0.4) is 0 Å². The molecule has 3 heterocycles. The van der Waals surface area contributed by atoms with E-state index >= 15 is 0 Å². The van der Waals surface area contributed by atoms with Crippen LogP contribution in [0.5, 0.6) is 5.19 Å². The van der Waals surface area contributed by atoms with Gasteiger partial charge in [0.25, 0.3) is 5.19 Å². The summed E-state index contributed by atoms with van der Waals surface area (Å²) in [4.78, 5) is 0. The second-order valence-corrected chi connectivity index (χ2v) is 8.10. The lowest BCUT2D eigenvalue weighted by Crippen LogP contribution is -2.15. The molecule has 1 fully saturated rings. The summed E-state index contributed by atoms with van der Waals surface area (Å²) in [6.45, 7) is 2.54. The molecule has 0 N–H and O–H groups in total. The molecule has 3 aromatic rings. The second-order valence-electron chi connectivity index (χ2n) is 6.13. The lowest BCUT2D eigenvalue weighted by atomic mass is 9.95. The van der Waals surface area contributed by atoms with Gasteiger partial charge in [0.05, 0.1) is 18.6 Å². The molecule has 138 valence electrons. The minimum atomic E-state index is 0.426. The smallest absolute Gasteiger partial charge is 0.294 e. The first kappa shape index (κ1) is 17.5. The normalized spacial score (nSPS) is 15.4. The van der Waals surface area contributed by atoms with Crippen molar-refractivity contribution in [3.8, 4) is 16.8 Å². The number of hydrogen-bond donors (Lipinski definition) is 0. The third-order valence-corrected chi connectivity index (χ3v) is 6.36. The molecule has 7 nitrogen and oxygen atoms in total. The van der Waals surface area contributed by atoms with Crippen molar-refractivity contribution in [2.75, 3.05) is 6.61 Å². The SMILES string of the molecule is CCOc1nnc(CSc2nnc(-c3ccco3)n2C2CCCCC2)s1.